The number of hydrogen-bond acceptors (Lipinski definition) is 2. The molecule has 74 valence electrons. The van der Waals surface area contributed by atoms with E-state index in [0.29, 0.717) is 9.49 Å². The predicted octanol–water partition coefficient (Wildman–Crippen LogP) is 1.36. The Hall–Kier alpha value is -0.761. The van der Waals surface area contributed by atoms with E-state index in [4.69, 9.17) is 11.6 Å². The number of halogens is 1. The second kappa shape index (κ2) is 5.20. The minimum absolute atomic E-state index is 0.0856. The summed E-state index contributed by atoms with van der Waals surface area (Å²) in [5.41, 5.74) is 0. The van der Waals surface area contributed by atoms with E-state index in [1.807, 2.05) is 12.1 Å². The second-order valence-electron chi connectivity index (χ2n) is 2.47. The average molecular weight is 276 g/mol. The zero-order chi connectivity index (χ0) is 10.6. The van der Waals surface area contributed by atoms with Gasteiger partial charge in [-0.1, -0.05) is 0 Å². The Labute approximate surface area is 94.1 Å². The van der Waals surface area contributed by atoms with E-state index in [1.165, 1.54) is 7.11 Å². The van der Waals surface area contributed by atoms with Gasteiger partial charge in [0.25, 0.3) is 0 Å². The Morgan fingerprint density at radius 1 is 1.43 bits per heavy atom. The molecule has 1 aromatic carbocycles. The standard InChI is InChI=1S/C10H9ClO2Se/c1-7(10(12)13-2)14-9-5-3-8(11)4-6-9/h3-6H,1H2,2H3. The SMILES string of the molecule is C=C([Se]c1ccc(Cl)cc1)C(=O)OC. The molecule has 2 nitrogen and oxygen atoms in total. The zero-order valence-electron chi connectivity index (χ0n) is 7.62. The van der Waals surface area contributed by atoms with Crippen molar-refractivity contribution in [3.63, 3.8) is 0 Å². The molecule has 0 radical (unpaired) electrons. The molecule has 0 aliphatic carbocycles. The third-order valence-corrected chi connectivity index (χ3v) is 3.65. The van der Waals surface area contributed by atoms with Gasteiger partial charge in [0, 0.05) is 0 Å². The van der Waals surface area contributed by atoms with Crippen molar-refractivity contribution in [1.29, 1.82) is 0 Å². The molecule has 0 aliphatic rings. The molecule has 1 rings (SSSR count). The van der Waals surface area contributed by atoms with Crippen LogP contribution in [0.2, 0.25) is 5.02 Å². The first-order valence-electron chi connectivity index (χ1n) is 3.84. The maximum atomic E-state index is 11.1. The first kappa shape index (κ1) is 11.3. The fourth-order valence-corrected chi connectivity index (χ4v) is 2.44. The molecule has 0 amide bonds. The predicted molar refractivity (Wildman–Crippen MR) is 58.0 cm³/mol. The Kier molecular flexibility index (Phi) is 4.20. The molecule has 0 aliphatic heterocycles. The molecule has 0 spiro atoms. The number of benzene rings is 1. The van der Waals surface area contributed by atoms with Crippen LogP contribution in [-0.4, -0.2) is 28.0 Å². The van der Waals surface area contributed by atoms with Crippen LogP contribution in [0.5, 0.6) is 0 Å². The molecule has 0 N–H and O–H groups in total. The quantitative estimate of drug-likeness (QED) is 0.473. The Bertz CT molecular complexity index is 346. The van der Waals surface area contributed by atoms with E-state index in [1.54, 1.807) is 12.1 Å². The molecular formula is C10H9ClO2Se. The number of esters is 1. The van der Waals surface area contributed by atoms with E-state index in [2.05, 4.69) is 11.3 Å². The van der Waals surface area contributed by atoms with Gasteiger partial charge in [-0.25, -0.2) is 0 Å². The Morgan fingerprint density at radius 2 is 2.00 bits per heavy atom. The fourth-order valence-electron chi connectivity index (χ4n) is 0.800. The molecule has 14 heavy (non-hydrogen) atoms. The monoisotopic (exact) mass is 276 g/mol. The van der Waals surface area contributed by atoms with Crippen molar-refractivity contribution in [2.45, 2.75) is 0 Å². The normalized spacial score (nSPS) is 9.57. The maximum absolute atomic E-state index is 11.1. The molecule has 0 atom stereocenters. The van der Waals surface area contributed by atoms with Crippen molar-refractivity contribution < 1.29 is 9.53 Å². The van der Waals surface area contributed by atoms with Crippen molar-refractivity contribution in [3.8, 4) is 0 Å². The van der Waals surface area contributed by atoms with Crippen molar-refractivity contribution in [1.82, 2.24) is 0 Å². The van der Waals surface area contributed by atoms with Crippen LogP contribution in [0.15, 0.2) is 35.3 Å². The van der Waals surface area contributed by atoms with E-state index in [-0.39, 0.29) is 20.9 Å². The summed E-state index contributed by atoms with van der Waals surface area (Å²) in [5, 5.41) is 0.688. The third kappa shape index (κ3) is 3.18. The summed E-state index contributed by atoms with van der Waals surface area (Å²) in [6, 6.07) is 7.36. The molecule has 1 aromatic rings. The van der Waals surface area contributed by atoms with E-state index in [9.17, 15) is 4.79 Å². The van der Waals surface area contributed by atoms with Gasteiger partial charge in [0.1, 0.15) is 0 Å². The first-order chi connectivity index (χ1) is 6.63. The number of ether oxygens (including phenoxy) is 1. The molecule has 0 unspecified atom stereocenters. The summed E-state index contributed by atoms with van der Waals surface area (Å²) in [6.07, 6.45) is 0. The molecule has 0 fully saturated rings. The van der Waals surface area contributed by atoms with Gasteiger partial charge >= 0.3 is 94.0 Å². The van der Waals surface area contributed by atoms with Gasteiger partial charge in [-0.3, -0.25) is 0 Å². The van der Waals surface area contributed by atoms with Gasteiger partial charge in [-0.15, -0.1) is 0 Å². The number of carbonyl (C=O) groups is 1. The second-order valence-corrected chi connectivity index (χ2v) is 5.36. The molecule has 4 heteroatoms. The number of hydrogen-bond donors (Lipinski definition) is 0. The van der Waals surface area contributed by atoms with Crippen molar-refractivity contribution in [2.24, 2.45) is 0 Å². The fraction of sp³-hybridized carbons (Fsp3) is 0.100. The van der Waals surface area contributed by atoms with E-state index in [0.717, 1.165) is 4.46 Å². The molecule has 0 aromatic heterocycles. The first-order valence-corrected chi connectivity index (χ1v) is 5.93. The molecule has 0 saturated heterocycles. The molecule has 0 saturated carbocycles. The Morgan fingerprint density at radius 3 is 2.50 bits per heavy atom. The van der Waals surface area contributed by atoms with Crippen molar-refractivity contribution >= 4 is 37.0 Å². The summed E-state index contributed by atoms with van der Waals surface area (Å²) in [7, 11) is 1.35. The summed E-state index contributed by atoms with van der Waals surface area (Å²) in [6.45, 7) is 3.66. The van der Waals surface area contributed by atoms with Crippen LogP contribution in [0, 0.1) is 0 Å². The zero-order valence-corrected chi connectivity index (χ0v) is 10.1. The van der Waals surface area contributed by atoms with Crippen molar-refractivity contribution in [2.75, 3.05) is 7.11 Å². The number of methoxy groups -OCH3 is 1. The van der Waals surface area contributed by atoms with E-state index >= 15 is 0 Å². The van der Waals surface area contributed by atoms with Gasteiger partial charge in [0.15, 0.2) is 0 Å². The third-order valence-electron chi connectivity index (χ3n) is 1.47. The average Bonchev–Trinajstić information content (AvgIpc) is 2.20. The Balaban J connectivity index is 2.65. The summed E-state index contributed by atoms with van der Waals surface area (Å²) in [4.78, 5) is 11.1. The summed E-state index contributed by atoms with van der Waals surface area (Å²) in [5.74, 6) is -0.347. The van der Waals surface area contributed by atoms with Crippen LogP contribution in [0.25, 0.3) is 0 Å². The van der Waals surface area contributed by atoms with Crippen LogP contribution in [0.3, 0.4) is 0 Å². The molecular weight excluding hydrogens is 267 g/mol. The van der Waals surface area contributed by atoms with Gasteiger partial charge in [-0.05, 0) is 0 Å². The summed E-state index contributed by atoms with van der Waals surface area (Å²) < 4.78 is 6.11. The van der Waals surface area contributed by atoms with Gasteiger partial charge in [0.2, 0.25) is 0 Å². The van der Waals surface area contributed by atoms with Gasteiger partial charge in [-0.2, -0.15) is 0 Å². The van der Waals surface area contributed by atoms with Crippen molar-refractivity contribution in [3.05, 3.63) is 40.3 Å². The molecule has 0 heterocycles. The van der Waals surface area contributed by atoms with Crippen LogP contribution in [0.1, 0.15) is 0 Å². The minimum atomic E-state index is -0.347. The number of carbonyl (C=O) groups excluding carboxylic acids is 1. The van der Waals surface area contributed by atoms with E-state index < -0.39 is 0 Å². The van der Waals surface area contributed by atoms with Crippen LogP contribution >= 0.6 is 11.6 Å². The van der Waals surface area contributed by atoms with Crippen LogP contribution in [-0.2, 0) is 9.53 Å². The van der Waals surface area contributed by atoms with Crippen LogP contribution < -0.4 is 4.46 Å². The van der Waals surface area contributed by atoms with Gasteiger partial charge < -0.3 is 0 Å². The van der Waals surface area contributed by atoms with Crippen LogP contribution in [0.4, 0.5) is 0 Å². The summed E-state index contributed by atoms with van der Waals surface area (Å²) >= 11 is 5.65. The topological polar surface area (TPSA) is 26.3 Å². The molecule has 0 bridgehead atoms. The number of rotatable bonds is 3. The van der Waals surface area contributed by atoms with Gasteiger partial charge in [0.05, 0.1) is 0 Å².